The second-order valence-electron chi connectivity index (χ2n) is 7.03. The lowest BCUT2D eigenvalue weighted by atomic mass is 9.95. The van der Waals surface area contributed by atoms with Crippen molar-refractivity contribution in [1.82, 2.24) is 9.80 Å². The van der Waals surface area contributed by atoms with Crippen LogP contribution in [0.5, 0.6) is 0 Å². The number of likely N-dealkylation sites (tertiary alicyclic amines) is 2. The van der Waals surface area contributed by atoms with Gasteiger partial charge in [0.25, 0.3) is 0 Å². The summed E-state index contributed by atoms with van der Waals surface area (Å²) in [5.74, 6) is 0.646. The lowest BCUT2D eigenvalue weighted by Gasteiger charge is -2.38. The third-order valence-corrected chi connectivity index (χ3v) is 5.23. The number of nitrogens with two attached hydrogens (primary N) is 1. The average Bonchev–Trinajstić information content (AvgIpc) is 2.63. The maximum absolute atomic E-state index is 12.2. The molecule has 0 aliphatic carbocycles. The van der Waals surface area contributed by atoms with Gasteiger partial charge in [-0.15, -0.1) is 0 Å². The molecule has 2 N–H and O–H groups in total. The number of rotatable bonds is 4. The Hall–Kier alpha value is -1.59. The second-order valence-corrected chi connectivity index (χ2v) is 7.03. The van der Waals surface area contributed by atoms with Gasteiger partial charge in [0, 0.05) is 19.6 Å². The van der Waals surface area contributed by atoms with E-state index in [1.165, 1.54) is 12.8 Å². The lowest BCUT2D eigenvalue weighted by molar-refractivity contribution is 0.0683. The van der Waals surface area contributed by atoms with Crippen LogP contribution in [0.15, 0.2) is 30.3 Å². The highest BCUT2D eigenvalue weighted by molar-refractivity contribution is 5.67. The number of benzene rings is 1. The molecular formula is C19H29N3O2. The zero-order valence-electron chi connectivity index (χ0n) is 14.4. The summed E-state index contributed by atoms with van der Waals surface area (Å²) in [6, 6.07) is 9.83. The van der Waals surface area contributed by atoms with Gasteiger partial charge in [0.05, 0.1) is 6.17 Å². The summed E-state index contributed by atoms with van der Waals surface area (Å²) < 4.78 is 5.43. The standard InChI is InChI=1S/C19H29N3O2/c20-18-8-4-5-11-22(18)14-16-9-12-21(13-10-16)19(23)24-15-17-6-2-1-3-7-17/h1-3,6-7,16,18H,4-5,8-15,20H2. The molecule has 1 aromatic rings. The molecule has 5 heteroatoms. The fraction of sp³-hybridized carbons (Fsp3) is 0.632. The molecule has 0 saturated carbocycles. The summed E-state index contributed by atoms with van der Waals surface area (Å²) in [6.45, 7) is 4.14. The van der Waals surface area contributed by atoms with Crippen molar-refractivity contribution in [3.63, 3.8) is 0 Å². The zero-order valence-corrected chi connectivity index (χ0v) is 14.4. The van der Waals surface area contributed by atoms with Crippen molar-refractivity contribution in [2.75, 3.05) is 26.2 Å². The largest absolute Gasteiger partial charge is 0.445 e. The molecule has 24 heavy (non-hydrogen) atoms. The first-order valence-corrected chi connectivity index (χ1v) is 9.17. The molecule has 0 bridgehead atoms. The molecule has 2 aliphatic heterocycles. The molecule has 0 radical (unpaired) electrons. The summed E-state index contributed by atoms with van der Waals surface area (Å²) in [6.07, 6.45) is 5.76. The van der Waals surface area contributed by atoms with Crippen LogP contribution in [0.4, 0.5) is 4.79 Å². The number of ether oxygens (including phenoxy) is 1. The maximum atomic E-state index is 12.2. The summed E-state index contributed by atoms with van der Waals surface area (Å²) in [7, 11) is 0. The minimum atomic E-state index is -0.188. The lowest BCUT2D eigenvalue weighted by Crippen LogP contribution is -2.49. The Morgan fingerprint density at radius 2 is 1.83 bits per heavy atom. The van der Waals surface area contributed by atoms with Crippen LogP contribution >= 0.6 is 0 Å². The van der Waals surface area contributed by atoms with Crippen LogP contribution in [0, 0.1) is 5.92 Å². The first kappa shape index (κ1) is 17.2. The van der Waals surface area contributed by atoms with Crippen LogP contribution in [0.25, 0.3) is 0 Å². The van der Waals surface area contributed by atoms with E-state index in [0.29, 0.717) is 12.5 Å². The molecule has 2 heterocycles. The van der Waals surface area contributed by atoms with Crippen molar-refractivity contribution in [1.29, 1.82) is 0 Å². The van der Waals surface area contributed by atoms with Crippen LogP contribution < -0.4 is 5.73 Å². The number of amides is 1. The van der Waals surface area contributed by atoms with Crippen LogP contribution in [0.3, 0.4) is 0 Å². The smallest absolute Gasteiger partial charge is 0.410 e. The second kappa shape index (κ2) is 8.49. The molecular weight excluding hydrogens is 302 g/mol. The molecule has 1 aromatic carbocycles. The van der Waals surface area contributed by atoms with Gasteiger partial charge in [0.2, 0.25) is 0 Å². The molecule has 0 aromatic heterocycles. The molecule has 2 aliphatic rings. The van der Waals surface area contributed by atoms with E-state index in [0.717, 1.165) is 51.0 Å². The Morgan fingerprint density at radius 1 is 1.08 bits per heavy atom. The highest BCUT2D eigenvalue weighted by atomic mass is 16.6. The van der Waals surface area contributed by atoms with E-state index in [9.17, 15) is 4.79 Å². The predicted molar refractivity (Wildman–Crippen MR) is 94.3 cm³/mol. The monoisotopic (exact) mass is 331 g/mol. The number of piperidine rings is 2. The van der Waals surface area contributed by atoms with E-state index >= 15 is 0 Å². The van der Waals surface area contributed by atoms with Crippen molar-refractivity contribution >= 4 is 6.09 Å². The topological polar surface area (TPSA) is 58.8 Å². The molecule has 0 spiro atoms. The van der Waals surface area contributed by atoms with Gasteiger partial charge in [0.1, 0.15) is 6.61 Å². The molecule has 1 atom stereocenters. The van der Waals surface area contributed by atoms with Crippen molar-refractivity contribution in [3.8, 4) is 0 Å². The van der Waals surface area contributed by atoms with Gasteiger partial charge in [-0.2, -0.15) is 0 Å². The first-order chi connectivity index (χ1) is 11.7. The Bertz CT molecular complexity index is 515. The van der Waals surface area contributed by atoms with Gasteiger partial charge in [-0.3, -0.25) is 4.90 Å². The summed E-state index contributed by atoms with van der Waals surface area (Å²) in [4.78, 5) is 16.5. The highest BCUT2D eigenvalue weighted by Crippen LogP contribution is 2.22. The van der Waals surface area contributed by atoms with Gasteiger partial charge in [-0.1, -0.05) is 30.3 Å². The van der Waals surface area contributed by atoms with E-state index in [-0.39, 0.29) is 12.3 Å². The Balaban J connectivity index is 1.39. The van der Waals surface area contributed by atoms with Crippen LogP contribution in [-0.4, -0.2) is 48.2 Å². The zero-order chi connectivity index (χ0) is 16.8. The van der Waals surface area contributed by atoms with Crippen molar-refractivity contribution in [2.45, 2.75) is 44.9 Å². The Labute approximate surface area is 144 Å². The average molecular weight is 331 g/mol. The van der Waals surface area contributed by atoms with Crippen LogP contribution in [0.1, 0.15) is 37.7 Å². The number of nitrogens with zero attached hydrogens (tertiary/aromatic N) is 2. The van der Waals surface area contributed by atoms with Gasteiger partial charge in [-0.05, 0) is 50.1 Å². The third-order valence-electron chi connectivity index (χ3n) is 5.23. The normalized spacial score (nSPS) is 23.2. The summed E-state index contributed by atoms with van der Waals surface area (Å²) in [5, 5.41) is 0. The minimum Gasteiger partial charge on any atom is -0.445 e. The van der Waals surface area contributed by atoms with Crippen molar-refractivity contribution in [2.24, 2.45) is 11.7 Å². The van der Waals surface area contributed by atoms with Gasteiger partial charge in [-0.25, -0.2) is 4.79 Å². The number of carbonyl (C=O) groups excluding carboxylic acids is 1. The fourth-order valence-corrected chi connectivity index (χ4v) is 3.68. The van der Waals surface area contributed by atoms with Crippen LogP contribution in [-0.2, 0) is 11.3 Å². The molecule has 1 amide bonds. The summed E-state index contributed by atoms with van der Waals surface area (Å²) in [5.41, 5.74) is 7.24. The molecule has 2 saturated heterocycles. The highest BCUT2D eigenvalue weighted by Gasteiger charge is 2.27. The predicted octanol–water partition coefficient (Wildman–Crippen LogP) is 2.81. The van der Waals surface area contributed by atoms with Crippen molar-refractivity contribution < 1.29 is 9.53 Å². The summed E-state index contributed by atoms with van der Waals surface area (Å²) >= 11 is 0. The third kappa shape index (κ3) is 4.71. The van der Waals surface area contributed by atoms with E-state index < -0.39 is 0 Å². The van der Waals surface area contributed by atoms with E-state index in [2.05, 4.69) is 4.90 Å². The molecule has 1 unspecified atom stereocenters. The van der Waals surface area contributed by atoms with Gasteiger partial charge in [0.15, 0.2) is 0 Å². The quantitative estimate of drug-likeness (QED) is 0.922. The van der Waals surface area contributed by atoms with E-state index in [4.69, 9.17) is 10.5 Å². The minimum absolute atomic E-state index is 0.188. The molecule has 2 fully saturated rings. The first-order valence-electron chi connectivity index (χ1n) is 9.17. The van der Waals surface area contributed by atoms with Gasteiger partial charge >= 0.3 is 6.09 Å². The van der Waals surface area contributed by atoms with E-state index in [1.807, 2.05) is 35.2 Å². The number of carbonyl (C=O) groups is 1. The number of hydrogen-bond donors (Lipinski definition) is 1. The molecule has 132 valence electrons. The van der Waals surface area contributed by atoms with Crippen molar-refractivity contribution in [3.05, 3.63) is 35.9 Å². The molecule has 3 rings (SSSR count). The Kier molecular flexibility index (Phi) is 6.10. The fourth-order valence-electron chi connectivity index (χ4n) is 3.68. The number of hydrogen-bond acceptors (Lipinski definition) is 4. The molecule has 5 nitrogen and oxygen atoms in total. The van der Waals surface area contributed by atoms with Gasteiger partial charge < -0.3 is 15.4 Å². The van der Waals surface area contributed by atoms with E-state index in [1.54, 1.807) is 0 Å². The SMILES string of the molecule is NC1CCCCN1CC1CCN(C(=O)OCc2ccccc2)CC1. The maximum Gasteiger partial charge on any atom is 0.410 e. The van der Waals surface area contributed by atoms with Crippen LogP contribution in [0.2, 0.25) is 0 Å². The Morgan fingerprint density at radius 3 is 2.54 bits per heavy atom.